The number of hydrogen-bond donors (Lipinski definition) is 0. The zero-order valence-corrected chi connectivity index (χ0v) is 10.1. The molecule has 15 heavy (non-hydrogen) atoms. The minimum absolute atomic E-state index is 0.0386. The van der Waals surface area contributed by atoms with Crippen LogP contribution in [0.4, 0.5) is 0 Å². The van der Waals surface area contributed by atoms with Crippen molar-refractivity contribution in [3.63, 3.8) is 0 Å². The fourth-order valence-corrected chi connectivity index (χ4v) is 2.53. The van der Waals surface area contributed by atoms with E-state index in [0.717, 1.165) is 0 Å². The van der Waals surface area contributed by atoms with E-state index < -0.39 is 5.54 Å². The number of amides is 1. The van der Waals surface area contributed by atoms with Gasteiger partial charge in [-0.1, -0.05) is 17.7 Å². The highest BCUT2D eigenvalue weighted by Gasteiger charge is 2.38. The molecule has 0 aromatic carbocycles. The summed E-state index contributed by atoms with van der Waals surface area (Å²) in [5.74, 6) is 2.64. The smallest absolute Gasteiger partial charge is 0.225 e. The van der Waals surface area contributed by atoms with Gasteiger partial charge in [0.15, 0.2) is 5.12 Å². The van der Waals surface area contributed by atoms with Gasteiger partial charge in [0, 0.05) is 25.1 Å². The molecule has 0 radical (unpaired) electrons. The van der Waals surface area contributed by atoms with Gasteiger partial charge in [-0.05, 0) is 13.8 Å². The fourth-order valence-electron chi connectivity index (χ4n) is 1.61. The van der Waals surface area contributed by atoms with Gasteiger partial charge in [0.2, 0.25) is 5.91 Å². The largest absolute Gasteiger partial charge is 0.326 e. The Morgan fingerprint density at radius 3 is 2.73 bits per heavy atom. The van der Waals surface area contributed by atoms with E-state index >= 15 is 0 Å². The van der Waals surface area contributed by atoms with E-state index in [4.69, 9.17) is 6.42 Å². The molecule has 0 N–H and O–H groups in total. The first-order chi connectivity index (χ1) is 6.86. The molecule has 0 bridgehead atoms. The summed E-state index contributed by atoms with van der Waals surface area (Å²) in [6, 6.07) is 0. The number of nitrogens with zero attached hydrogens (tertiary/aromatic N) is 1. The second kappa shape index (κ2) is 4.28. The number of terminal acetylenes is 1. The van der Waals surface area contributed by atoms with E-state index in [1.807, 2.05) is 13.8 Å². The van der Waals surface area contributed by atoms with Gasteiger partial charge in [-0.2, -0.15) is 0 Å². The van der Waals surface area contributed by atoms with Crippen LogP contribution in [0.3, 0.4) is 0 Å². The van der Waals surface area contributed by atoms with Crippen molar-refractivity contribution in [2.45, 2.75) is 38.0 Å². The van der Waals surface area contributed by atoms with Gasteiger partial charge in [-0.3, -0.25) is 9.59 Å². The highest BCUT2D eigenvalue weighted by molar-refractivity contribution is 8.14. The van der Waals surface area contributed by atoms with Gasteiger partial charge in [-0.15, -0.1) is 6.42 Å². The van der Waals surface area contributed by atoms with E-state index in [1.165, 1.54) is 18.7 Å². The van der Waals surface area contributed by atoms with E-state index in [1.54, 1.807) is 4.90 Å². The van der Waals surface area contributed by atoms with Crippen LogP contribution in [-0.4, -0.2) is 33.3 Å². The lowest BCUT2D eigenvalue weighted by molar-refractivity contribution is -0.130. The average molecular weight is 225 g/mol. The lowest BCUT2D eigenvalue weighted by Gasteiger charge is -2.30. The third-order valence-corrected chi connectivity index (χ3v) is 3.43. The molecule has 0 spiro atoms. The second-order valence-electron chi connectivity index (χ2n) is 4.14. The number of carbonyl (C=O) groups is 2. The van der Waals surface area contributed by atoms with Crippen molar-refractivity contribution in [2.24, 2.45) is 0 Å². The van der Waals surface area contributed by atoms with Crippen LogP contribution in [0.25, 0.3) is 0 Å². The number of hydrogen-bond acceptors (Lipinski definition) is 3. The lowest BCUT2D eigenvalue weighted by atomic mass is 10.1. The molecule has 1 saturated heterocycles. The van der Waals surface area contributed by atoms with Gasteiger partial charge in [0.1, 0.15) is 0 Å². The maximum absolute atomic E-state index is 11.7. The second-order valence-corrected chi connectivity index (χ2v) is 5.62. The minimum atomic E-state index is -0.552. The van der Waals surface area contributed by atoms with Crippen molar-refractivity contribution in [3.05, 3.63) is 0 Å². The maximum atomic E-state index is 11.7. The number of thioether (sulfide) groups is 1. The molecule has 3 nitrogen and oxygen atoms in total. The standard InChI is InChI=1S/C11H15NO2S/c1-5-11(3,4)12-7-9(6-10(12)14)15-8(2)13/h1,9H,6-7H2,2-4H3. The molecule has 0 aromatic rings. The molecule has 4 heteroatoms. The molecule has 1 aliphatic heterocycles. The minimum Gasteiger partial charge on any atom is -0.326 e. The van der Waals surface area contributed by atoms with Gasteiger partial charge < -0.3 is 4.90 Å². The summed E-state index contributed by atoms with van der Waals surface area (Å²) in [5.41, 5.74) is -0.552. The number of likely N-dealkylation sites (tertiary alicyclic amines) is 1. The Morgan fingerprint density at radius 2 is 2.27 bits per heavy atom. The van der Waals surface area contributed by atoms with E-state index in [0.29, 0.717) is 13.0 Å². The molecule has 1 amide bonds. The Morgan fingerprint density at radius 1 is 1.67 bits per heavy atom. The van der Waals surface area contributed by atoms with Crippen LogP contribution < -0.4 is 0 Å². The third kappa shape index (κ3) is 2.75. The van der Waals surface area contributed by atoms with Gasteiger partial charge in [0.25, 0.3) is 0 Å². The molecule has 0 saturated carbocycles. The molecular formula is C11H15NO2S. The van der Waals surface area contributed by atoms with Crippen molar-refractivity contribution in [1.82, 2.24) is 4.90 Å². The molecule has 1 fully saturated rings. The number of carbonyl (C=O) groups excluding carboxylic acids is 2. The van der Waals surface area contributed by atoms with Crippen molar-refractivity contribution >= 4 is 22.8 Å². The summed E-state index contributed by atoms with van der Waals surface area (Å²) in [6.45, 7) is 5.77. The zero-order chi connectivity index (χ0) is 11.6. The average Bonchev–Trinajstić information content (AvgIpc) is 2.46. The van der Waals surface area contributed by atoms with Gasteiger partial charge in [0.05, 0.1) is 5.54 Å². The Balaban J connectivity index is 2.70. The summed E-state index contributed by atoms with van der Waals surface area (Å²) < 4.78 is 0. The predicted molar refractivity (Wildman–Crippen MR) is 61.3 cm³/mol. The van der Waals surface area contributed by atoms with E-state index in [-0.39, 0.29) is 16.3 Å². The van der Waals surface area contributed by atoms with Crippen LogP contribution in [-0.2, 0) is 9.59 Å². The Hall–Kier alpha value is -0.950. The molecule has 0 aliphatic carbocycles. The van der Waals surface area contributed by atoms with Crippen molar-refractivity contribution in [2.75, 3.05) is 6.54 Å². The highest BCUT2D eigenvalue weighted by atomic mass is 32.2. The lowest BCUT2D eigenvalue weighted by Crippen LogP contribution is -2.43. The SMILES string of the molecule is C#CC(C)(C)N1CC(SC(C)=O)CC1=O. The Bertz CT molecular complexity index is 330. The molecule has 0 aromatic heterocycles. The molecule has 1 aliphatic rings. The number of rotatable bonds is 2. The first-order valence-corrected chi connectivity index (χ1v) is 5.70. The molecule has 1 unspecified atom stereocenters. The van der Waals surface area contributed by atoms with Crippen LogP contribution in [0.5, 0.6) is 0 Å². The monoisotopic (exact) mass is 225 g/mol. The van der Waals surface area contributed by atoms with Crippen molar-refractivity contribution in [1.29, 1.82) is 0 Å². The first kappa shape index (κ1) is 12.1. The molecule has 1 rings (SSSR count). The Kier molecular flexibility index (Phi) is 3.46. The highest BCUT2D eigenvalue weighted by Crippen LogP contribution is 2.29. The van der Waals surface area contributed by atoms with Crippen LogP contribution in [0.2, 0.25) is 0 Å². The van der Waals surface area contributed by atoms with Crippen molar-refractivity contribution < 1.29 is 9.59 Å². The Labute approximate surface area is 94.6 Å². The molecule has 1 heterocycles. The third-order valence-electron chi connectivity index (χ3n) is 2.45. The molecular weight excluding hydrogens is 210 g/mol. The van der Waals surface area contributed by atoms with Crippen LogP contribution in [0.15, 0.2) is 0 Å². The molecule has 82 valence electrons. The molecule has 1 atom stereocenters. The van der Waals surface area contributed by atoms with Gasteiger partial charge in [-0.25, -0.2) is 0 Å². The quantitative estimate of drug-likeness (QED) is 0.664. The predicted octanol–water partition coefficient (Wildman–Crippen LogP) is 1.28. The zero-order valence-electron chi connectivity index (χ0n) is 9.24. The fraction of sp³-hybridized carbons (Fsp3) is 0.636. The summed E-state index contributed by atoms with van der Waals surface area (Å²) in [7, 11) is 0. The maximum Gasteiger partial charge on any atom is 0.225 e. The van der Waals surface area contributed by atoms with Gasteiger partial charge >= 0.3 is 0 Å². The van der Waals surface area contributed by atoms with Crippen LogP contribution >= 0.6 is 11.8 Å². The summed E-state index contributed by atoms with van der Waals surface area (Å²) in [6.07, 6.45) is 5.79. The summed E-state index contributed by atoms with van der Waals surface area (Å²) in [5, 5.41) is 0.107. The summed E-state index contributed by atoms with van der Waals surface area (Å²) in [4.78, 5) is 24.3. The van der Waals surface area contributed by atoms with E-state index in [2.05, 4.69) is 5.92 Å². The normalized spacial score (nSPS) is 21.6. The van der Waals surface area contributed by atoms with Crippen LogP contribution in [0, 0.1) is 12.3 Å². The van der Waals surface area contributed by atoms with Crippen LogP contribution in [0.1, 0.15) is 27.2 Å². The summed E-state index contributed by atoms with van der Waals surface area (Å²) >= 11 is 1.23. The first-order valence-electron chi connectivity index (χ1n) is 4.82. The topological polar surface area (TPSA) is 37.4 Å². The van der Waals surface area contributed by atoms with E-state index in [9.17, 15) is 9.59 Å². The van der Waals surface area contributed by atoms with Crippen molar-refractivity contribution in [3.8, 4) is 12.3 Å².